The van der Waals surface area contributed by atoms with Gasteiger partial charge < -0.3 is 0 Å². The third-order valence-corrected chi connectivity index (χ3v) is 2.49. The van der Waals surface area contributed by atoms with Gasteiger partial charge in [-0.3, -0.25) is 4.79 Å². The summed E-state index contributed by atoms with van der Waals surface area (Å²) in [6, 6.07) is 4.25. The van der Waals surface area contributed by atoms with Gasteiger partial charge in [-0.1, -0.05) is 38.0 Å². The van der Waals surface area contributed by atoms with Gasteiger partial charge in [0.2, 0.25) is 0 Å². The standard InChI is InChI=1S/C14H15F3O/c1-2-3-4-5-6-13(18)11-7-9-12(10-8-11)14(15,16)17/h5-10H,2-4H2,1H3/b6-5+. The number of hydrogen-bond donors (Lipinski definition) is 0. The Morgan fingerprint density at radius 2 is 1.83 bits per heavy atom. The van der Waals surface area contributed by atoms with Crippen LogP contribution >= 0.6 is 0 Å². The molecular weight excluding hydrogens is 241 g/mol. The third kappa shape index (κ3) is 4.35. The number of rotatable bonds is 5. The predicted molar refractivity (Wildman–Crippen MR) is 64.4 cm³/mol. The largest absolute Gasteiger partial charge is 0.416 e. The number of halogens is 3. The molecule has 0 heterocycles. The van der Waals surface area contributed by atoms with E-state index in [1.807, 2.05) is 6.92 Å². The van der Waals surface area contributed by atoms with E-state index in [9.17, 15) is 18.0 Å². The number of allylic oxidation sites excluding steroid dienone is 2. The second kappa shape index (κ2) is 6.38. The van der Waals surface area contributed by atoms with E-state index in [2.05, 4.69) is 0 Å². The molecule has 0 saturated carbocycles. The van der Waals surface area contributed by atoms with Crippen molar-refractivity contribution in [2.45, 2.75) is 32.4 Å². The van der Waals surface area contributed by atoms with Gasteiger partial charge in [0.1, 0.15) is 0 Å². The Morgan fingerprint density at radius 1 is 1.22 bits per heavy atom. The second-order valence-corrected chi connectivity index (χ2v) is 3.98. The van der Waals surface area contributed by atoms with Gasteiger partial charge in [-0.2, -0.15) is 13.2 Å². The van der Waals surface area contributed by atoms with E-state index in [4.69, 9.17) is 0 Å². The number of carbonyl (C=O) groups is 1. The van der Waals surface area contributed by atoms with Gasteiger partial charge in [0, 0.05) is 5.56 Å². The molecule has 0 radical (unpaired) electrons. The first-order valence-corrected chi connectivity index (χ1v) is 5.83. The van der Waals surface area contributed by atoms with Gasteiger partial charge in [-0.25, -0.2) is 0 Å². The molecule has 98 valence electrons. The summed E-state index contributed by atoms with van der Waals surface area (Å²) in [5, 5.41) is 0. The fourth-order valence-corrected chi connectivity index (χ4v) is 1.43. The summed E-state index contributed by atoms with van der Waals surface area (Å²) in [5.74, 6) is -0.264. The van der Waals surface area contributed by atoms with Crippen LogP contribution in [0.25, 0.3) is 0 Å². The quantitative estimate of drug-likeness (QED) is 0.426. The van der Waals surface area contributed by atoms with E-state index in [0.29, 0.717) is 0 Å². The molecule has 0 atom stereocenters. The molecular formula is C14H15F3O. The molecule has 0 aliphatic rings. The first kappa shape index (κ1) is 14.5. The van der Waals surface area contributed by atoms with Gasteiger partial charge in [0.25, 0.3) is 0 Å². The number of carbonyl (C=O) groups excluding carboxylic acids is 1. The highest BCUT2D eigenvalue weighted by molar-refractivity contribution is 6.04. The molecule has 1 aromatic carbocycles. The van der Waals surface area contributed by atoms with E-state index in [1.165, 1.54) is 18.2 Å². The molecule has 18 heavy (non-hydrogen) atoms. The van der Waals surface area contributed by atoms with Gasteiger partial charge in [-0.05, 0) is 24.6 Å². The zero-order valence-electron chi connectivity index (χ0n) is 10.1. The van der Waals surface area contributed by atoms with Gasteiger partial charge >= 0.3 is 6.18 Å². The van der Waals surface area contributed by atoms with Crippen LogP contribution in [0.3, 0.4) is 0 Å². The summed E-state index contributed by atoms with van der Waals surface area (Å²) in [7, 11) is 0. The average molecular weight is 256 g/mol. The Balaban J connectivity index is 2.68. The molecule has 0 bridgehead atoms. The van der Waals surface area contributed by atoms with Crippen LogP contribution in [0.2, 0.25) is 0 Å². The van der Waals surface area contributed by atoms with Crippen LogP contribution in [0.4, 0.5) is 13.2 Å². The monoisotopic (exact) mass is 256 g/mol. The van der Waals surface area contributed by atoms with E-state index < -0.39 is 11.7 Å². The number of hydrogen-bond acceptors (Lipinski definition) is 1. The highest BCUT2D eigenvalue weighted by atomic mass is 19.4. The molecule has 0 aromatic heterocycles. The molecule has 1 nitrogen and oxygen atoms in total. The molecule has 0 fully saturated rings. The van der Waals surface area contributed by atoms with Gasteiger partial charge in [-0.15, -0.1) is 0 Å². The zero-order chi connectivity index (χ0) is 13.6. The highest BCUT2D eigenvalue weighted by Crippen LogP contribution is 2.29. The van der Waals surface area contributed by atoms with Crippen molar-refractivity contribution in [3.63, 3.8) is 0 Å². The van der Waals surface area contributed by atoms with Gasteiger partial charge in [0.05, 0.1) is 5.56 Å². The van der Waals surface area contributed by atoms with Crippen LogP contribution < -0.4 is 0 Å². The predicted octanol–water partition coefficient (Wildman–Crippen LogP) is 4.63. The first-order chi connectivity index (χ1) is 8.45. The van der Waals surface area contributed by atoms with Gasteiger partial charge in [0.15, 0.2) is 5.78 Å². The van der Waals surface area contributed by atoms with Crippen LogP contribution in [0.1, 0.15) is 42.1 Å². The molecule has 0 unspecified atom stereocenters. The number of unbranched alkanes of at least 4 members (excludes halogenated alkanes) is 2. The number of ketones is 1. The average Bonchev–Trinajstić information content (AvgIpc) is 2.33. The second-order valence-electron chi connectivity index (χ2n) is 3.98. The Bertz CT molecular complexity index is 416. The highest BCUT2D eigenvalue weighted by Gasteiger charge is 2.30. The third-order valence-electron chi connectivity index (χ3n) is 2.49. The lowest BCUT2D eigenvalue weighted by Gasteiger charge is -2.06. The zero-order valence-corrected chi connectivity index (χ0v) is 10.1. The summed E-state index contributed by atoms with van der Waals surface area (Å²) >= 11 is 0. The molecule has 1 aromatic rings. The topological polar surface area (TPSA) is 17.1 Å². The first-order valence-electron chi connectivity index (χ1n) is 5.83. The molecule has 0 amide bonds. The summed E-state index contributed by atoms with van der Waals surface area (Å²) in [4.78, 5) is 11.6. The van der Waals surface area contributed by atoms with E-state index in [1.54, 1.807) is 6.08 Å². The van der Waals surface area contributed by atoms with Crippen molar-refractivity contribution in [3.8, 4) is 0 Å². The van der Waals surface area contributed by atoms with Crippen molar-refractivity contribution in [1.29, 1.82) is 0 Å². The van der Waals surface area contributed by atoms with E-state index in [-0.39, 0.29) is 11.3 Å². The van der Waals surface area contributed by atoms with Crippen LogP contribution in [0.15, 0.2) is 36.4 Å². The lowest BCUT2D eigenvalue weighted by atomic mass is 10.1. The lowest BCUT2D eigenvalue weighted by Crippen LogP contribution is -2.05. The molecule has 0 saturated heterocycles. The normalized spacial score (nSPS) is 12.0. The Hall–Kier alpha value is -1.58. The van der Waals surface area contributed by atoms with Crippen LogP contribution in [0.5, 0.6) is 0 Å². The fourth-order valence-electron chi connectivity index (χ4n) is 1.43. The van der Waals surface area contributed by atoms with Crippen molar-refractivity contribution >= 4 is 5.78 Å². The van der Waals surface area contributed by atoms with Crippen molar-refractivity contribution in [3.05, 3.63) is 47.5 Å². The van der Waals surface area contributed by atoms with Crippen LogP contribution in [-0.2, 0) is 6.18 Å². The molecule has 0 aliphatic heterocycles. The minimum Gasteiger partial charge on any atom is -0.289 e. The van der Waals surface area contributed by atoms with Crippen molar-refractivity contribution in [2.75, 3.05) is 0 Å². The smallest absolute Gasteiger partial charge is 0.289 e. The molecule has 0 N–H and O–H groups in total. The summed E-state index contributed by atoms with van der Waals surface area (Å²) in [5.41, 5.74) is -0.468. The molecule has 0 aliphatic carbocycles. The van der Waals surface area contributed by atoms with Crippen LogP contribution in [0, 0.1) is 0 Å². The van der Waals surface area contributed by atoms with E-state index in [0.717, 1.165) is 31.4 Å². The maximum Gasteiger partial charge on any atom is 0.416 e. The SMILES string of the molecule is CCCC/C=C/C(=O)c1ccc(C(F)(F)F)cc1. The fraction of sp³-hybridized carbons (Fsp3) is 0.357. The van der Waals surface area contributed by atoms with Crippen molar-refractivity contribution in [2.24, 2.45) is 0 Å². The maximum absolute atomic E-state index is 12.3. The summed E-state index contributed by atoms with van der Waals surface area (Å²) < 4.78 is 36.9. The van der Waals surface area contributed by atoms with Crippen LogP contribution in [-0.4, -0.2) is 5.78 Å². The summed E-state index contributed by atoms with van der Waals surface area (Å²) in [6.07, 6.45) is 1.65. The molecule has 1 rings (SSSR count). The maximum atomic E-state index is 12.3. The number of alkyl halides is 3. The Morgan fingerprint density at radius 3 is 2.33 bits per heavy atom. The minimum atomic E-state index is -4.36. The van der Waals surface area contributed by atoms with Crippen molar-refractivity contribution in [1.82, 2.24) is 0 Å². The summed E-state index contributed by atoms with van der Waals surface area (Å²) in [6.45, 7) is 2.05. The minimum absolute atomic E-state index is 0.264. The van der Waals surface area contributed by atoms with E-state index >= 15 is 0 Å². The number of benzene rings is 1. The molecule has 4 heteroatoms. The Labute approximate surface area is 104 Å². The van der Waals surface area contributed by atoms with Crippen molar-refractivity contribution < 1.29 is 18.0 Å². The Kier molecular flexibility index (Phi) is 5.13. The molecule has 0 spiro atoms. The lowest BCUT2D eigenvalue weighted by molar-refractivity contribution is -0.137.